The van der Waals surface area contributed by atoms with E-state index < -0.39 is 17.5 Å². The molecule has 0 aliphatic carbocycles. The Morgan fingerprint density at radius 2 is 1.75 bits per heavy atom. The molecule has 20 heavy (non-hydrogen) atoms. The van der Waals surface area contributed by atoms with Gasteiger partial charge in [-0.1, -0.05) is 0 Å². The minimum atomic E-state index is -0.714. The van der Waals surface area contributed by atoms with Gasteiger partial charge in [-0.3, -0.25) is 4.79 Å². The number of hydrogen-bond donors (Lipinski definition) is 1. The number of carbonyl (C=O) groups is 1. The van der Waals surface area contributed by atoms with Crippen LogP contribution >= 0.6 is 54.5 Å². The highest BCUT2D eigenvalue weighted by atomic mass is 127. The summed E-state index contributed by atoms with van der Waals surface area (Å²) in [5.74, 6) is -1.88. The second-order valence-electron chi connectivity index (χ2n) is 3.82. The normalized spacial score (nSPS) is 10.4. The van der Waals surface area contributed by atoms with Crippen LogP contribution in [-0.2, 0) is 0 Å². The van der Waals surface area contributed by atoms with Crippen LogP contribution in [0, 0.1) is 15.2 Å². The van der Waals surface area contributed by atoms with E-state index in [9.17, 15) is 13.6 Å². The van der Waals surface area contributed by atoms with Crippen molar-refractivity contribution in [3.63, 3.8) is 0 Å². The molecule has 2 rings (SSSR count). The van der Waals surface area contributed by atoms with Gasteiger partial charge in [0.05, 0.1) is 15.7 Å². The molecule has 0 aliphatic rings. The molecule has 1 amide bonds. The van der Waals surface area contributed by atoms with E-state index >= 15 is 0 Å². The number of carbonyl (C=O) groups excluding carboxylic acids is 1. The van der Waals surface area contributed by atoms with Gasteiger partial charge < -0.3 is 5.32 Å². The van der Waals surface area contributed by atoms with Crippen molar-refractivity contribution in [3.05, 3.63) is 60.0 Å². The molecular weight excluding hydrogens is 511 g/mol. The van der Waals surface area contributed by atoms with Crippen molar-refractivity contribution in [3.8, 4) is 0 Å². The number of rotatable bonds is 2. The Labute approximate surface area is 144 Å². The smallest absolute Gasteiger partial charge is 0.256 e. The summed E-state index contributed by atoms with van der Waals surface area (Å²) in [6.45, 7) is 0. The van der Waals surface area contributed by atoms with E-state index in [0.717, 1.165) is 15.7 Å². The maximum Gasteiger partial charge on any atom is 0.256 e. The van der Waals surface area contributed by atoms with Crippen LogP contribution in [0.4, 0.5) is 14.5 Å². The van der Waals surface area contributed by atoms with Gasteiger partial charge in [-0.2, -0.15) is 0 Å². The van der Waals surface area contributed by atoms with Crippen molar-refractivity contribution in [1.29, 1.82) is 0 Å². The van der Waals surface area contributed by atoms with Crippen LogP contribution in [0.2, 0.25) is 0 Å². The van der Waals surface area contributed by atoms with Crippen LogP contribution in [0.15, 0.2) is 39.3 Å². The molecule has 0 spiro atoms. The predicted molar refractivity (Wildman–Crippen MR) is 88.9 cm³/mol. The highest BCUT2D eigenvalue weighted by Crippen LogP contribution is 2.25. The van der Waals surface area contributed by atoms with Crippen molar-refractivity contribution in [2.24, 2.45) is 0 Å². The third kappa shape index (κ3) is 3.56. The van der Waals surface area contributed by atoms with Gasteiger partial charge >= 0.3 is 0 Å². The molecule has 104 valence electrons. The van der Waals surface area contributed by atoms with Crippen LogP contribution in [0.3, 0.4) is 0 Å². The first kappa shape index (κ1) is 15.8. The Morgan fingerprint density at radius 3 is 2.45 bits per heavy atom. The Hall–Kier alpha value is -0.540. The zero-order valence-corrected chi connectivity index (χ0v) is 15.0. The monoisotopic (exact) mass is 515 g/mol. The molecule has 2 aromatic rings. The van der Waals surface area contributed by atoms with Gasteiger partial charge in [-0.25, -0.2) is 8.78 Å². The van der Waals surface area contributed by atoms with Gasteiger partial charge in [0.15, 0.2) is 0 Å². The fraction of sp³-hybridized carbons (Fsp3) is 0. The molecule has 0 heterocycles. The Kier molecular flexibility index (Phi) is 5.14. The van der Waals surface area contributed by atoms with Gasteiger partial charge in [0.25, 0.3) is 5.91 Å². The summed E-state index contributed by atoms with van der Waals surface area (Å²) in [4.78, 5) is 12.1. The first-order valence-electron chi connectivity index (χ1n) is 5.29. The Bertz CT molecular complexity index is 694. The van der Waals surface area contributed by atoms with Crippen LogP contribution < -0.4 is 5.32 Å². The summed E-state index contributed by atoms with van der Waals surface area (Å²) >= 11 is 8.19. The Balaban J connectivity index is 2.32. The van der Waals surface area contributed by atoms with Gasteiger partial charge in [0, 0.05) is 14.1 Å². The summed E-state index contributed by atoms with van der Waals surface area (Å²) in [6, 6.07) is 7.08. The SMILES string of the molecule is O=C(Nc1cc(F)c(Br)cc1F)c1cc(I)ccc1Br. The third-order valence-corrected chi connectivity index (χ3v) is 4.40. The largest absolute Gasteiger partial charge is 0.319 e. The maximum absolute atomic E-state index is 13.7. The molecule has 0 fully saturated rings. The van der Waals surface area contributed by atoms with E-state index in [-0.39, 0.29) is 10.2 Å². The van der Waals surface area contributed by atoms with Crippen molar-refractivity contribution in [2.75, 3.05) is 5.32 Å². The lowest BCUT2D eigenvalue weighted by molar-refractivity contribution is 0.102. The van der Waals surface area contributed by atoms with E-state index in [4.69, 9.17) is 0 Å². The minimum absolute atomic E-state index is 0.00318. The number of nitrogens with one attached hydrogen (secondary N) is 1. The van der Waals surface area contributed by atoms with Gasteiger partial charge in [-0.05, 0) is 78.7 Å². The molecule has 0 bridgehead atoms. The van der Waals surface area contributed by atoms with Crippen LogP contribution in [-0.4, -0.2) is 5.91 Å². The number of benzene rings is 2. The lowest BCUT2D eigenvalue weighted by Gasteiger charge is -2.09. The topological polar surface area (TPSA) is 29.1 Å². The van der Waals surface area contributed by atoms with E-state index in [2.05, 4.69) is 59.8 Å². The standard InChI is InChI=1S/C13H6Br2F2INO/c14-8-2-1-6(18)3-7(8)13(20)19-12-5-10(16)9(15)4-11(12)17/h1-5H,(H,19,20). The van der Waals surface area contributed by atoms with E-state index in [0.29, 0.717) is 10.0 Å². The maximum atomic E-state index is 13.7. The molecule has 1 N–H and O–H groups in total. The van der Waals surface area contributed by atoms with E-state index in [1.807, 2.05) is 6.07 Å². The first-order chi connectivity index (χ1) is 9.38. The summed E-state index contributed by atoms with van der Waals surface area (Å²) in [5.41, 5.74) is 0.140. The molecule has 2 aromatic carbocycles. The van der Waals surface area contributed by atoms with E-state index in [1.165, 1.54) is 0 Å². The molecule has 0 radical (unpaired) electrons. The van der Waals surface area contributed by atoms with Crippen LogP contribution in [0.5, 0.6) is 0 Å². The number of halogens is 5. The van der Waals surface area contributed by atoms with Crippen molar-refractivity contribution in [2.45, 2.75) is 0 Å². The fourth-order valence-electron chi connectivity index (χ4n) is 1.48. The first-order valence-corrected chi connectivity index (χ1v) is 7.96. The summed E-state index contributed by atoms with van der Waals surface area (Å²) in [7, 11) is 0. The molecule has 2 nitrogen and oxygen atoms in total. The summed E-state index contributed by atoms with van der Waals surface area (Å²) < 4.78 is 28.5. The predicted octanol–water partition coefficient (Wildman–Crippen LogP) is 5.35. The molecular formula is C13H6Br2F2INO. The van der Waals surface area contributed by atoms with Crippen LogP contribution in [0.25, 0.3) is 0 Å². The molecule has 7 heteroatoms. The van der Waals surface area contributed by atoms with Gasteiger partial charge in [0.1, 0.15) is 11.6 Å². The second kappa shape index (κ2) is 6.48. The third-order valence-electron chi connectivity index (χ3n) is 2.43. The zero-order valence-electron chi connectivity index (χ0n) is 9.68. The summed E-state index contributed by atoms with van der Waals surface area (Å²) in [5, 5.41) is 2.35. The minimum Gasteiger partial charge on any atom is -0.319 e. The second-order valence-corrected chi connectivity index (χ2v) is 6.78. The van der Waals surface area contributed by atoms with Gasteiger partial charge in [0.2, 0.25) is 0 Å². The molecule has 0 atom stereocenters. The Morgan fingerprint density at radius 1 is 1.05 bits per heavy atom. The average Bonchev–Trinajstić information content (AvgIpc) is 2.38. The van der Waals surface area contributed by atoms with Gasteiger partial charge in [-0.15, -0.1) is 0 Å². The van der Waals surface area contributed by atoms with Crippen molar-refractivity contribution < 1.29 is 13.6 Å². The molecule has 0 aliphatic heterocycles. The molecule has 0 aromatic heterocycles. The highest BCUT2D eigenvalue weighted by Gasteiger charge is 2.15. The summed E-state index contributed by atoms with van der Waals surface area (Å²) in [6.07, 6.45) is 0. The fourth-order valence-corrected chi connectivity index (χ4v) is 2.71. The molecule has 0 saturated heterocycles. The molecule has 0 saturated carbocycles. The highest BCUT2D eigenvalue weighted by molar-refractivity contribution is 14.1. The lowest BCUT2D eigenvalue weighted by Crippen LogP contribution is -2.14. The quantitative estimate of drug-likeness (QED) is 0.423. The van der Waals surface area contributed by atoms with Crippen LogP contribution in [0.1, 0.15) is 10.4 Å². The molecule has 0 unspecified atom stereocenters. The van der Waals surface area contributed by atoms with Crippen molar-refractivity contribution in [1.82, 2.24) is 0 Å². The average molecular weight is 517 g/mol. The number of amides is 1. The van der Waals surface area contributed by atoms with E-state index in [1.54, 1.807) is 12.1 Å². The lowest BCUT2D eigenvalue weighted by atomic mass is 10.2. The zero-order chi connectivity index (χ0) is 14.9. The number of hydrogen-bond acceptors (Lipinski definition) is 1. The number of anilines is 1. The van der Waals surface area contributed by atoms with Crippen molar-refractivity contribution >= 4 is 66.0 Å².